The van der Waals surface area contributed by atoms with Crippen LogP contribution in [0.3, 0.4) is 0 Å². The third-order valence-corrected chi connectivity index (χ3v) is 3.15. The molecule has 2 aromatic rings. The van der Waals surface area contributed by atoms with Crippen molar-refractivity contribution in [3.05, 3.63) is 54.1 Å². The summed E-state index contributed by atoms with van der Waals surface area (Å²) < 4.78 is 15.8. The topological polar surface area (TPSA) is 27.7 Å². The highest BCUT2D eigenvalue weighted by Gasteiger charge is 2.06. The summed E-state index contributed by atoms with van der Waals surface area (Å²) in [6.45, 7) is 2.46. The molecule has 0 unspecified atom stereocenters. The van der Waals surface area contributed by atoms with Crippen molar-refractivity contribution in [1.29, 1.82) is 0 Å². The van der Waals surface area contributed by atoms with E-state index in [1.165, 1.54) is 16.7 Å². The summed E-state index contributed by atoms with van der Waals surface area (Å²) in [5.41, 5.74) is 3.64. The summed E-state index contributed by atoms with van der Waals surface area (Å²) in [4.78, 5) is 0. The molecule has 0 saturated carbocycles. The molecule has 0 atom stereocenters. The Labute approximate surface area is 120 Å². The molecule has 0 radical (unpaired) electrons. The minimum Gasteiger partial charge on any atom is -0.488 e. The van der Waals surface area contributed by atoms with E-state index in [0.717, 1.165) is 5.75 Å². The molecule has 0 fully saturated rings. The molecule has 0 aliphatic rings. The van der Waals surface area contributed by atoms with E-state index in [1.54, 1.807) is 14.2 Å². The van der Waals surface area contributed by atoms with Crippen molar-refractivity contribution in [2.75, 3.05) is 20.8 Å². The van der Waals surface area contributed by atoms with E-state index >= 15 is 0 Å². The number of hydrogen-bond acceptors (Lipinski definition) is 3. The van der Waals surface area contributed by atoms with Crippen molar-refractivity contribution in [2.24, 2.45) is 0 Å². The van der Waals surface area contributed by atoms with Crippen molar-refractivity contribution < 1.29 is 14.2 Å². The number of ether oxygens (including phenoxy) is 3. The van der Waals surface area contributed by atoms with Crippen LogP contribution in [0.1, 0.15) is 5.56 Å². The van der Waals surface area contributed by atoms with Crippen LogP contribution in [0.25, 0.3) is 11.1 Å². The zero-order valence-electron chi connectivity index (χ0n) is 12.1. The van der Waals surface area contributed by atoms with Gasteiger partial charge in [-0.05, 0) is 30.2 Å². The van der Waals surface area contributed by atoms with Gasteiger partial charge in [0.2, 0.25) is 0 Å². The SMILES string of the molecule is COC(COc1ccc(-c2ccc(C)cc2)cc1)OC. The molecule has 3 nitrogen and oxygen atoms in total. The lowest BCUT2D eigenvalue weighted by Gasteiger charge is -2.14. The summed E-state index contributed by atoms with van der Waals surface area (Å²) in [7, 11) is 3.19. The first-order chi connectivity index (χ1) is 9.72. The van der Waals surface area contributed by atoms with E-state index in [4.69, 9.17) is 14.2 Å². The molecule has 0 aromatic heterocycles. The predicted molar refractivity (Wildman–Crippen MR) is 79.9 cm³/mol. The normalized spacial score (nSPS) is 10.8. The maximum absolute atomic E-state index is 5.61. The lowest BCUT2D eigenvalue weighted by molar-refractivity contribution is -0.121. The van der Waals surface area contributed by atoms with Crippen LogP contribution in [0.4, 0.5) is 0 Å². The molecule has 0 aliphatic carbocycles. The van der Waals surface area contributed by atoms with Crippen molar-refractivity contribution in [2.45, 2.75) is 13.2 Å². The zero-order valence-corrected chi connectivity index (χ0v) is 12.1. The molecule has 0 heterocycles. The molecule has 0 saturated heterocycles. The van der Waals surface area contributed by atoms with Gasteiger partial charge in [-0.3, -0.25) is 0 Å². The summed E-state index contributed by atoms with van der Waals surface area (Å²) >= 11 is 0. The van der Waals surface area contributed by atoms with Gasteiger partial charge < -0.3 is 14.2 Å². The fraction of sp³-hybridized carbons (Fsp3) is 0.294. The fourth-order valence-corrected chi connectivity index (χ4v) is 1.89. The first-order valence-corrected chi connectivity index (χ1v) is 6.58. The molecule has 0 spiro atoms. The smallest absolute Gasteiger partial charge is 0.191 e. The number of hydrogen-bond donors (Lipinski definition) is 0. The van der Waals surface area contributed by atoms with Gasteiger partial charge in [0.25, 0.3) is 0 Å². The van der Waals surface area contributed by atoms with E-state index in [2.05, 4.69) is 43.3 Å². The largest absolute Gasteiger partial charge is 0.488 e. The van der Waals surface area contributed by atoms with Crippen molar-refractivity contribution in [1.82, 2.24) is 0 Å². The standard InChI is InChI=1S/C17H20O3/c1-13-4-6-14(7-5-13)15-8-10-16(11-9-15)20-12-17(18-2)19-3/h4-11,17H,12H2,1-3H3. The lowest BCUT2D eigenvalue weighted by atomic mass is 10.0. The van der Waals surface area contributed by atoms with Crippen LogP contribution >= 0.6 is 0 Å². The molecule has 0 N–H and O–H groups in total. The highest BCUT2D eigenvalue weighted by atomic mass is 16.7. The molecule has 0 aliphatic heterocycles. The quantitative estimate of drug-likeness (QED) is 0.751. The molecule has 0 amide bonds. The Kier molecular flexibility index (Phi) is 5.16. The molecular weight excluding hydrogens is 252 g/mol. The monoisotopic (exact) mass is 272 g/mol. The van der Waals surface area contributed by atoms with Crippen molar-refractivity contribution in [3.63, 3.8) is 0 Å². The van der Waals surface area contributed by atoms with Crippen LogP contribution in [0.15, 0.2) is 48.5 Å². The van der Waals surface area contributed by atoms with Gasteiger partial charge in [0, 0.05) is 14.2 Å². The summed E-state index contributed by atoms with van der Waals surface area (Å²) in [5.74, 6) is 0.806. The Morgan fingerprint density at radius 3 is 1.80 bits per heavy atom. The minimum absolute atomic E-state index is 0.341. The van der Waals surface area contributed by atoms with Crippen LogP contribution in [0.5, 0.6) is 5.75 Å². The maximum atomic E-state index is 5.61. The summed E-state index contributed by atoms with van der Waals surface area (Å²) in [6.07, 6.45) is -0.341. The predicted octanol–water partition coefficient (Wildman–Crippen LogP) is 3.66. The van der Waals surface area contributed by atoms with Gasteiger partial charge in [0.05, 0.1) is 0 Å². The van der Waals surface area contributed by atoms with E-state index < -0.39 is 0 Å². The van der Waals surface area contributed by atoms with Gasteiger partial charge in [-0.1, -0.05) is 42.0 Å². The third-order valence-electron chi connectivity index (χ3n) is 3.15. The molecule has 2 aromatic carbocycles. The fourth-order valence-electron chi connectivity index (χ4n) is 1.89. The highest BCUT2D eigenvalue weighted by Crippen LogP contribution is 2.22. The van der Waals surface area contributed by atoms with E-state index in [0.29, 0.717) is 6.61 Å². The first kappa shape index (κ1) is 14.6. The van der Waals surface area contributed by atoms with Crippen molar-refractivity contribution in [3.8, 4) is 16.9 Å². The molecular formula is C17H20O3. The molecule has 0 bridgehead atoms. The van der Waals surface area contributed by atoms with Crippen LogP contribution < -0.4 is 4.74 Å². The van der Waals surface area contributed by atoms with Crippen LogP contribution in [-0.2, 0) is 9.47 Å². The van der Waals surface area contributed by atoms with E-state index in [1.807, 2.05) is 12.1 Å². The van der Waals surface area contributed by atoms with Gasteiger partial charge >= 0.3 is 0 Å². The second-order valence-electron chi connectivity index (χ2n) is 4.60. The average Bonchev–Trinajstić information content (AvgIpc) is 2.50. The Hall–Kier alpha value is -1.84. The van der Waals surface area contributed by atoms with Gasteiger partial charge in [-0.25, -0.2) is 0 Å². The second kappa shape index (κ2) is 7.08. The number of rotatable bonds is 6. The number of benzene rings is 2. The lowest BCUT2D eigenvalue weighted by Crippen LogP contribution is -2.21. The van der Waals surface area contributed by atoms with Gasteiger partial charge in [0.15, 0.2) is 6.29 Å². The molecule has 106 valence electrons. The Morgan fingerprint density at radius 1 is 0.800 bits per heavy atom. The number of methoxy groups -OCH3 is 2. The maximum Gasteiger partial charge on any atom is 0.191 e. The van der Waals surface area contributed by atoms with E-state index in [-0.39, 0.29) is 6.29 Å². The van der Waals surface area contributed by atoms with Crippen molar-refractivity contribution >= 4 is 0 Å². The van der Waals surface area contributed by atoms with Crippen LogP contribution in [0.2, 0.25) is 0 Å². The average molecular weight is 272 g/mol. The Morgan fingerprint density at radius 2 is 1.30 bits per heavy atom. The second-order valence-corrected chi connectivity index (χ2v) is 4.60. The number of aryl methyl sites for hydroxylation is 1. The highest BCUT2D eigenvalue weighted by molar-refractivity contribution is 5.64. The third kappa shape index (κ3) is 3.83. The van der Waals surface area contributed by atoms with Gasteiger partial charge in [-0.15, -0.1) is 0 Å². The molecule has 3 heteroatoms. The van der Waals surface area contributed by atoms with Crippen LogP contribution in [0, 0.1) is 6.92 Å². The molecule has 2 rings (SSSR count). The Balaban J connectivity index is 2.01. The molecule has 20 heavy (non-hydrogen) atoms. The summed E-state index contributed by atoms with van der Waals surface area (Å²) in [5, 5.41) is 0. The van der Waals surface area contributed by atoms with Gasteiger partial charge in [0.1, 0.15) is 12.4 Å². The first-order valence-electron chi connectivity index (χ1n) is 6.58. The van der Waals surface area contributed by atoms with Gasteiger partial charge in [-0.2, -0.15) is 0 Å². The summed E-state index contributed by atoms with van der Waals surface area (Å²) in [6, 6.07) is 16.5. The Bertz CT molecular complexity index is 513. The van der Waals surface area contributed by atoms with Crippen LogP contribution in [-0.4, -0.2) is 27.1 Å². The minimum atomic E-state index is -0.341. The van der Waals surface area contributed by atoms with E-state index in [9.17, 15) is 0 Å². The zero-order chi connectivity index (χ0) is 14.4.